The van der Waals surface area contributed by atoms with E-state index in [4.69, 9.17) is 5.26 Å². The van der Waals surface area contributed by atoms with E-state index < -0.39 is 0 Å². The predicted octanol–water partition coefficient (Wildman–Crippen LogP) is 3.34. The van der Waals surface area contributed by atoms with Crippen molar-refractivity contribution >= 4 is 11.8 Å². The molecule has 0 bridgehead atoms. The summed E-state index contributed by atoms with van der Waals surface area (Å²) in [6.45, 7) is 0. The topological polar surface area (TPSA) is 36.7 Å². The fourth-order valence-corrected chi connectivity index (χ4v) is 1.91. The van der Waals surface area contributed by atoms with Gasteiger partial charge in [-0.2, -0.15) is 5.26 Å². The average molecular weight is 226 g/mol. The predicted molar refractivity (Wildman–Crippen MR) is 66.2 cm³/mol. The van der Waals surface area contributed by atoms with Crippen LogP contribution in [0.1, 0.15) is 5.56 Å². The lowest BCUT2D eigenvalue weighted by atomic mass is 10.0. The van der Waals surface area contributed by atoms with Crippen molar-refractivity contribution in [3.05, 3.63) is 48.3 Å². The fourth-order valence-electron chi connectivity index (χ4n) is 1.51. The Morgan fingerprint density at radius 1 is 1.19 bits per heavy atom. The third kappa shape index (κ3) is 2.07. The van der Waals surface area contributed by atoms with Gasteiger partial charge in [0, 0.05) is 22.9 Å². The van der Waals surface area contributed by atoms with E-state index in [1.807, 2.05) is 24.5 Å². The molecule has 2 nitrogen and oxygen atoms in total. The zero-order valence-electron chi connectivity index (χ0n) is 8.84. The smallest absolute Gasteiger partial charge is 0.101 e. The first-order valence-electron chi connectivity index (χ1n) is 4.83. The van der Waals surface area contributed by atoms with Crippen molar-refractivity contribution in [2.45, 2.75) is 4.90 Å². The molecule has 16 heavy (non-hydrogen) atoms. The molecule has 0 saturated carbocycles. The van der Waals surface area contributed by atoms with Crippen molar-refractivity contribution < 1.29 is 0 Å². The SMILES string of the molecule is CSc1ccc(-c2ccncc2C#N)cc1. The van der Waals surface area contributed by atoms with Gasteiger partial charge in [0.25, 0.3) is 0 Å². The number of hydrogen-bond acceptors (Lipinski definition) is 3. The molecule has 0 amide bonds. The Morgan fingerprint density at radius 2 is 1.94 bits per heavy atom. The number of pyridine rings is 1. The van der Waals surface area contributed by atoms with Crippen molar-refractivity contribution in [2.75, 3.05) is 6.26 Å². The van der Waals surface area contributed by atoms with Crippen LogP contribution < -0.4 is 0 Å². The van der Waals surface area contributed by atoms with Crippen molar-refractivity contribution in [1.82, 2.24) is 4.98 Å². The first-order chi connectivity index (χ1) is 7.85. The molecule has 0 saturated heterocycles. The summed E-state index contributed by atoms with van der Waals surface area (Å²) in [4.78, 5) is 5.17. The quantitative estimate of drug-likeness (QED) is 0.737. The van der Waals surface area contributed by atoms with E-state index >= 15 is 0 Å². The number of rotatable bonds is 2. The maximum absolute atomic E-state index is 8.99. The molecule has 78 valence electrons. The minimum atomic E-state index is 0.611. The van der Waals surface area contributed by atoms with Crippen molar-refractivity contribution in [3.8, 4) is 17.2 Å². The van der Waals surface area contributed by atoms with Crippen LogP contribution >= 0.6 is 11.8 Å². The molecule has 0 aliphatic carbocycles. The highest BCUT2D eigenvalue weighted by molar-refractivity contribution is 7.98. The van der Waals surface area contributed by atoms with Gasteiger partial charge in [-0.25, -0.2) is 0 Å². The summed E-state index contributed by atoms with van der Waals surface area (Å²) in [6.07, 6.45) is 5.35. The molecule has 1 heterocycles. The Kier molecular flexibility index (Phi) is 3.23. The zero-order valence-corrected chi connectivity index (χ0v) is 9.66. The minimum Gasteiger partial charge on any atom is -0.263 e. The summed E-state index contributed by atoms with van der Waals surface area (Å²) in [5, 5.41) is 8.99. The van der Waals surface area contributed by atoms with Crippen LogP contribution in [0.25, 0.3) is 11.1 Å². The van der Waals surface area contributed by atoms with Crippen LogP contribution in [-0.2, 0) is 0 Å². The highest BCUT2D eigenvalue weighted by Gasteiger charge is 2.03. The van der Waals surface area contributed by atoms with Crippen LogP contribution in [0.4, 0.5) is 0 Å². The summed E-state index contributed by atoms with van der Waals surface area (Å²) >= 11 is 1.71. The molecule has 2 rings (SSSR count). The summed E-state index contributed by atoms with van der Waals surface area (Å²) in [7, 11) is 0. The van der Waals surface area contributed by atoms with Crippen molar-refractivity contribution in [3.63, 3.8) is 0 Å². The van der Waals surface area contributed by atoms with Crippen LogP contribution in [0.3, 0.4) is 0 Å². The number of thioether (sulfide) groups is 1. The van der Waals surface area contributed by atoms with E-state index in [1.54, 1.807) is 24.2 Å². The molecule has 0 N–H and O–H groups in total. The van der Waals surface area contributed by atoms with Crippen LogP contribution in [0.15, 0.2) is 47.6 Å². The van der Waals surface area contributed by atoms with Crippen LogP contribution in [0.5, 0.6) is 0 Å². The molecule has 0 unspecified atom stereocenters. The van der Waals surface area contributed by atoms with E-state index in [0.717, 1.165) is 11.1 Å². The Balaban J connectivity index is 2.47. The van der Waals surface area contributed by atoms with Gasteiger partial charge in [0.05, 0.1) is 5.56 Å². The van der Waals surface area contributed by atoms with Gasteiger partial charge in [-0.05, 0) is 30.0 Å². The zero-order chi connectivity index (χ0) is 11.4. The monoisotopic (exact) mass is 226 g/mol. The molecule has 2 aromatic rings. The molecule has 1 aromatic heterocycles. The van der Waals surface area contributed by atoms with E-state index in [-0.39, 0.29) is 0 Å². The molecular formula is C13H10N2S. The maximum Gasteiger partial charge on any atom is 0.101 e. The highest BCUT2D eigenvalue weighted by Crippen LogP contribution is 2.24. The molecule has 0 spiro atoms. The van der Waals surface area contributed by atoms with Gasteiger partial charge in [0.1, 0.15) is 6.07 Å². The molecule has 0 fully saturated rings. The van der Waals surface area contributed by atoms with E-state index in [0.29, 0.717) is 5.56 Å². The van der Waals surface area contributed by atoms with Crippen molar-refractivity contribution in [2.24, 2.45) is 0 Å². The van der Waals surface area contributed by atoms with Gasteiger partial charge < -0.3 is 0 Å². The standard InChI is InChI=1S/C13H10N2S/c1-16-12-4-2-10(3-5-12)13-6-7-15-9-11(13)8-14/h2-7,9H,1H3. The second-order valence-electron chi connectivity index (χ2n) is 3.26. The number of hydrogen-bond donors (Lipinski definition) is 0. The summed E-state index contributed by atoms with van der Waals surface area (Å²) in [6, 6.07) is 12.2. The Morgan fingerprint density at radius 3 is 2.56 bits per heavy atom. The van der Waals surface area contributed by atoms with Crippen molar-refractivity contribution in [1.29, 1.82) is 5.26 Å². The summed E-state index contributed by atoms with van der Waals surface area (Å²) < 4.78 is 0. The molecule has 3 heteroatoms. The van der Waals surface area contributed by atoms with Gasteiger partial charge in [-0.1, -0.05) is 12.1 Å². The Hall–Kier alpha value is -1.79. The van der Waals surface area contributed by atoms with E-state index in [2.05, 4.69) is 23.2 Å². The highest BCUT2D eigenvalue weighted by atomic mass is 32.2. The molecule has 0 atom stereocenters. The molecular weight excluding hydrogens is 216 g/mol. The number of nitriles is 1. The second-order valence-corrected chi connectivity index (χ2v) is 4.14. The molecule has 0 radical (unpaired) electrons. The maximum atomic E-state index is 8.99. The third-order valence-electron chi connectivity index (χ3n) is 2.34. The lowest BCUT2D eigenvalue weighted by Gasteiger charge is -2.04. The van der Waals surface area contributed by atoms with Crippen LogP contribution in [-0.4, -0.2) is 11.2 Å². The average Bonchev–Trinajstić information content (AvgIpc) is 2.39. The van der Waals surface area contributed by atoms with Gasteiger partial charge >= 0.3 is 0 Å². The molecule has 0 aliphatic rings. The van der Waals surface area contributed by atoms with Crippen LogP contribution in [0.2, 0.25) is 0 Å². The number of nitrogens with zero attached hydrogens (tertiary/aromatic N) is 2. The Bertz CT molecular complexity index is 526. The summed E-state index contributed by atoms with van der Waals surface area (Å²) in [5.41, 5.74) is 2.60. The lowest BCUT2D eigenvalue weighted by molar-refractivity contribution is 1.30. The first kappa shape index (κ1) is 10.7. The van der Waals surface area contributed by atoms with E-state index in [1.165, 1.54) is 4.90 Å². The van der Waals surface area contributed by atoms with Gasteiger partial charge in [0.2, 0.25) is 0 Å². The normalized spacial score (nSPS) is 9.75. The largest absolute Gasteiger partial charge is 0.263 e. The Labute approximate surface area is 99.0 Å². The molecule has 0 aliphatic heterocycles. The number of aromatic nitrogens is 1. The van der Waals surface area contributed by atoms with E-state index in [9.17, 15) is 0 Å². The summed E-state index contributed by atoms with van der Waals surface area (Å²) in [5.74, 6) is 0. The number of benzene rings is 1. The first-order valence-corrected chi connectivity index (χ1v) is 6.06. The van der Waals surface area contributed by atoms with Gasteiger partial charge in [-0.3, -0.25) is 4.98 Å². The second kappa shape index (κ2) is 4.82. The lowest BCUT2D eigenvalue weighted by Crippen LogP contribution is -1.85. The molecule has 1 aromatic carbocycles. The minimum absolute atomic E-state index is 0.611. The third-order valence-corrected chi connectivity index (χ3v) is 3.09. The fraction of sp³-hybridized carbons (Fsp3) is 0.0769. The van der Waals surface area contributed by atoms with Gasteiger partial charge in [-0.15, -0.1) is 11.8 Å². The van der Waals surface area contributed by atoms with Gasteiger partial charge in [0.15, 0.2) is 0 Å². The van der Waals surface area contributed by atoms with Crippen LogP contribution in [0, 0.1) is 11.3 Å².